The van der Waals surface area contributed by atoms with Crippen molar-refractivity contribution in [3.8, 4) is 11.5 Å². The van der Waals surface area contributed by atoms with Crippen LogP contribution in [0.25, 0.3) is 6.08 Å². The maximum Gasteiger partial charge on any atom is 0.248 e. The van der Waals surface area contributed by atoms with Gasteiger partial charge in [0.25, 0.3) is 0 Å². The summed E-state index contributed by atoms with van der Waals surface area (Å²) >= 11 is 5.85. The number of carbonyl (C=O) groups is 1. The number of hydrogen-bond acceptors (Lipinski definition) is 3. The molecule has 0 aliphatic heterocycles. The Kier molecular flexibility index (Phi) is 7.10. The molecule has 3 aromatic carbocycles. The molecule has 0 saturated carbocycles. The van der Waals surface area contributed by atoms with E-state index in [2.05, 4.69) is 5.32 Å². The smallest absolute Gasteiger partial charge is 0.248 e. The molecular weight excluding hydrogens is 374 g/mol. The van der Waals surface area contributed by atoms with Crippen molar-refractivity contribution in [1.82, 2.24) is 0 Å². The normalized spacial score (nSPS) is 10.6. The van der Waals surface area contributed by atoms with Crippen molar-refractivity contribution < 1.29 is 14.3 Å². The number of amides is 1. The van der Waals surface area contributed by atoms with Crippen LogP contribution in [0, 0.1) is 0 Å². The van der Waals surface area contributed by atoms with Gasteiger partial charge >= 0.3 is 0 Å². The average Bonchev–Trinajstić information content (AvgIpc) is 2.72. The molecule has 0 atom stereocenters. The van der Waals surface area contributed by atoms with Crippen LogP contribution in [-0.2, 0) is 4.79 Å². The molecule has 28 heavy (non-hydrogen) atoms. The third-order valence-electron chi connectivity index (χ3n) is 3.76. The predicted octanol–water partition coefficient (Wildman–Crippen LogP) is 5.45. The third kappa shape index (κ3) is 6.49. The number of nitrogens with one attached hydrogen (secondary N) is 1. The molecule has 0 bridgehead atoms. The second kappa shape index (κ2) is 10.2. The minimum atomic E-state index is -0.223. The number of carbonyl (C=O) groups excluding carboxylic acids is 1. The lowest BCUT2D eigenvalue weighted by Crippen LogP contribution is -2.10. The highest BCUT2D eigenvalue weighted by atomic mass is 35.5. The fourth-order valence-electron chi connectivity index (χ4n) is 2.43. The van der Waals surface area contributed by atoms with E-state index in [0.29, 0.717) is 29.7 Å². The van der Waals surface area contributed by atoms with E-state index in [1.54, 1.807) is 30.3 Å². The molecule has 0 aliphatic carbocycles. The highest BCUT2D eigenvalue weighted by Crippen LogP contribution is 2.18. The number of anilines is 1. The van der Waals surface area contributed by atoms with Gasteiger partial charge < -0.3 is 14.8 Å². The lowest BCUT2D eigenvalue weighted by Gasteiger charge is -2.09. The van der Waals surface area contributed by atoms with Crippen molar-refractivity contribution in [1.29, 1.82) is 0 Å². The van der Waals surface area contributed by atoms with Gasteiger partial charge in [0.1, 0.15) is 24.7 Å². The molecule has 3 aromatic rings. The molecule has 3 rings (SSSR count). The van der Waals surface area contributed by atoms with Crippen molar-refractivity contribution in [2.45, 2.75) is 0 Å². The van der Waals surface area contributed by atoms with Crippen molar-refractivity contribution in [2.75, 3.05) is 18.5 Å². The second-order valence-electron chi connectivity index (χ2n) is 5.91. The van der Waals surface area contributed by atoms with E-state index >= 15 is 0 Å². The Morgan fingerprint density at radius 1 is 0.857 bits per heavy atom. The van der Waals surface area contributed by atoms with Crippen molar-refractivity contribution in [3.63, 3.8) is 0 Å². The van der Waals surface area contributed by atoms with Gasteiger partial charge in [-0.1, -0.05) is 48.0 Å². The summed E-state index contributed by atoms with van der Waals surface area (Å²) in [6.07, 6.45) is 3.21. The molecule has 0 aromatic heterocycles. The van der Waals surface area contributed by atoms with Crippen LogP contribution in [0.3, 0.4) is 0 Å². The van der Waals surface area contributed by atoms with Crippen LogP contribution in [0.1, 0.15) is 5.56 Å². The van der Waals surface area contributed by atoms with Crippen LogP contribution in [0.2, 0.25) is 5.02 Å². The summed E-state index contributed by atoms with van der Waals surface area (Å²) in [5.74, 6) is 1.25. The molecule has 5 heteroatoms. The van der Waals surface area contributed by atoms with E-state index in [4.69, 9.17) is 21.1 Å². The lowest BCUT2D eigenvalue weighted by molar-refractivity contribution is -0.111. The first-order chi connectivity index (χ1) is 13.7. The van der Waals surface area contributed by atoms with E-state index in [1.807, 2.05) is 54.6 Å². The Labute approximate surface area is 169 Å². The largest absolute Gasteiger partial charge is 0.490 e. The van der Waals surface area contributed by atoms with Crippen molar-refractivity contribution in [2.24, 2.45) is 0 Å². The van der Waals surface area contributed by atoms with Crippen LogP contribution in [0.5, 0.6) is 11.5 Å². The van der Waals surface area contributed by atoms with E-state index in [1.165, 1.54) is 6.08 Å². The Hall–Kier alpha value is -3.24. The molecule has 0 aliphatic rings. The number of hydrogen-bond donors (Lipinski definition) is 1. The van der Waals surface area contributed by atoms with Crippen LogP contribution in [0.4, 0.5) is 5.69 Å². The monoisotopic (exact) mass is 393 g/mol. The summed E-state index contributed by atoms with van der Waals surface area (Å²) < 4.78 is 11.3. The first-order valence-corrected chi connectivity index (χ1v) is 9.22. The Balaban J connectivity index is 1.47. The molecule has 1 N–H and O–H groups in total. The highest BCUT2D eigenvalue weighted by Gasteiger charge is 2.01. The van der Waals surface area contributed by atoms with Gasteiger partial charge in [-0.2, -0.15) is 0 Å². The van der Waals surface area contributed by atoms with E-state index < -0.39 is 0 Å². The van der Waals surface area contributed by atoms with Gasteiger partial charge in [0.05, 0.1) is 0 Å². The SMILES string of the molecule is O=C(/C=C/c1ccc(Cl)cc1)Nc1cccc(OCCOc2ccccc2)c1. The molecule has 4 nitrogen and oxygen atoms in total. The Bertz CT molecular complexity index is 924. The number of para-hydroxylation sites is 1. The topological polar surface area (TPSA) is 47.6 Å². The van der Waals surface area contributed by atoms with Crippen LogP contribution in [0.15, 0.2) is 84.9 Å². The average molecular weight is 394 g/mol. The summed E-state index contributed by atoms with van der Waals surface area (Å²) in [7, 11) is 0. The summed E-state index contributed by atoms with van der Waals surface area (Å²) in [6.45, 7) is 0.840. The zero-order chi connectivity index (χ0) is 19.6. The maximum absolute atomic E-state index is 12.1. The molecular formula is C23H20ClNO3. The summed E-state index contributed by atoms with van der Waals surface area (Å²) in [5.41, 5.74) is 1.56. The molecule has 0 radical (unpaired) electrons. The van der Waals surface area contributed by atoms with Crippen LogP contribution >= 0.6 is 11.6 Å². The van der Waals surface area contributed by atoms with Crippen LogP contribution < -0.4 is 14.8 Å². The third-order valence-corrected chi connectivity index (χ3v) is 4.01. The van der Waals surface area contributed by atoms with Gasteiger partial charge in [0.2, 0.25) is 5.91 Å². The fraction of sp³-hybridized carbons (Fsp3) is 0.0870. The molecule has 0 unspecified atom stereocenters. The van der Waals surface area contributed by atoms with E-state index in [0.717, 1.165) is 11.3 Å². The number of halogens is 1. The van der Waals surface area contributed by atoms with Gasteiger partial charge in [0, 0.05) is 22.9 Å². The van der Waals surface area contributed by atoms with Crippen LogP contribution in [-0.4, -0.2) is 19.1 Å². The summed E-state index contributed by atoms with van der Waals surface area (Å²) in [6, 6.07) is 24.1. The standard InChI is InChI=1S/C23H20ClNO3/c24-19-12-9-18(10-13-19)11-14-23(26)25-20-5-4-8-22(17-20)28-16-15-27-21-6-2-1-3-7-21/h1-14,17H,15-16H2,(H,25,26)/b14-11+. The quantitative estimate of drug-likeness (QED) is 0.409. The number of ether oxygens (including phenoxy) is 2. The summed E-state index contributed by atoms with van der Waals surface area (Å²) in [5, 5.41) is 3.48. The minimum Gasteiger partial charge on any atom is -0.490 e. The van der Waals surface area contributed by atoms with Gasteiger partial charge in [0.15, 0.2) is 0 Å². The van der Waals surface area contributed by atoms with Crippen molar-refractivity contribution >= 4 is 29.3 Å². The highest BCUT2D eigenvalue weighted by molar-refractivity contribution is 6.30. The summed E-state index contributed by atoms with van der Waals surface area (Å²) in [4.78, 5) is 12.1. The van der Waals surface area contributed by atoms with Gasteiger partial charge in [-0.15, -0.1) is 0 Å². The zero-order valence-corrected chi connectivity index (χ0v) is 15.9. The maximum atomic E-state index is 12.1. The Morgan fingerprint density at radius 3 is 2.29 bits per heavy atom. The predicted molar refractivity (Wildman–Crippen MR) is 113 cm³/mol. The minimum absolute atomic E-state index is 0.223. The van der Waals surface area contributed by atoms with Gasteiger partial charge in [-0.05, 0) is 48.0 Å². The molecule has 0 heterocycles. The molecule has 0 fully saturated rings. The Morgan fingerprint density at radius 2 is 1.54 bits per heavy atom. The first-order valence-electron chi connectivity index (χ1n) is 8.84. The molecule has 0 spiro atoms. The fourth-order valence-corrected chi connectivity index (χ4v) is 2.56. The molecule has 1 amide bonds. The second-order valence-corrected chi connectivity index (χ2v) is 6.35. The van der Waals surface area contributed by atoms with Gasteiger partial charge in [-0.3, -0.25) is 4.79 Å². The number of rotatable bonds is 8. The zero-order valence-electron chi connectivity index (χ0n) is 15.2. The molecule has 0 saturated heterocycles. The van der Waals surface area contributed by atoms with Gasteiger partial charge in [-0.25, -0.2) is 0 Å². The first kappa shape index (κ1) is 19.5. The van der Waals surface area contributed by atoms with E-state index in [-0.39, 0.29) is 5.91 Å². The van der Waals surface area contributed by atoms with E-state index in [9.17, 15) is 4.79 Å². The van der Waals surface area contributed by atoms with Crippen molar-refractivity contribution in [3.05, 3.63) is 95.5 Å². The number of benzene rings is 3. The molecule has 142 valence electrons. The lowest BCUT2D eigenvalue weighted by atomic mass is 10.2.